The zero-order valence-electron chi connectivity index (χ0n) is 17.2. The fourth-order valence-corrected chi connectivity index (χ4v) is 5.30. The number of carbonyl (C=O) groups is 2. The third-order valence-corrected chi connectivity index (χ3v) is 6.87. The van der Waals surface area contributed by atoms with Crippen LogP contribution in [-0.2, 0) is 4.74 Å². The molecular formula is C26H18ClNO4S. The number of ether oxygens (including phenoxy) is 1. The second kappa shape index (κ2) is 8.73. The van der Waals surface area contributed by atoms with Crippen LogP contribution >= 0.6 is 22.9 Å². The maximum absolute atomic E-state index is 12.6. The average Bonchev–Trinajstić information content (AvgIpc) is 3.37. The fraction of sp³-hybridized carbons (Fsp3) is 0.0769. The van der Waals surface area contributed by atoms with E-state index in [9.17, 15) is 14.7 Å². The molecule has 33 heavy (non-hydrogen) atoms. The molecule has 1 aliphatic carbocycles. The summed E-state index contributed by atoms with van der Waals surface area (Å²) in [5.74, 6) is -1.20. The van der Waals surface area contributed by atoms with Crippen LogP contribution in [0.5, 0.6) is 0 Å². The number of fused-ring (bicyclic) bond motifs is 3. The Labute approximate surface area is 199 Å². The molecule has 1 aromatic heterocycles. The summed E-state index contributed by atoms with van der Waals surface area (Å²) in [6, 6.07) is 23.0. The Morgan fingerprint density at radius 3 is 2.12 bits per heavy atom. The zero-order chi connectivity index (χ0) is 22.9. The summed E-state index contributed by atoms with van der Waals surface area (Å²) in [6.45, 7) is 0.150. The molecule has 0 atom stereocenters. The predicted molar refractivity (Wildman–Crippen MR) is 130 cm³/mol. The maximum atomic E-state index is 12.6. The molecule has 1 aliphatic rings. The van der Waals surface area contributed by atoms with E-state index in [1.54, 1.807) is 29.6 Å². The van der Waals surface area contributed by atoms with Crippen molar-refractivity contribution in [3.8, 4) is 22.3 Å². The molecule has 1 heterocycles. The van der Waals surface area contributed by atoms with Crippen LogP contribution in [0.15, 0.2) is 78.2 Å². The molecule has 5 nitrogen and oxygen atoms in total. The molecule has 0 aliphatic heterocycles. The minimum Gasteiger partial charge on any atom is -0.478 e. The van der Waals surface area contributed by atoms with Crippen molar-refractivity contribution in [3.63, 3.8) is 0 Å². The average molecular weight is 476 g/mol. The largest absolute Gasteiger partial charge is 0.478 e. The number of benzene rings is 3. The lowest BCUT2D eigenvalue weighted by molar-refractivity contribution is 0.0699. The van der Waals surface area contributed by atoms with E-state index in [2.05, 4.69) is 17.4 Å². The second-order valence-electron chi connectivity index (χ2n) is 7.62. The molecule has 0 spiro atoms. The van der Waals surface area contributed by atoms with Gasteiger partial charge in [0.2, 0.25) is 0 Å². The quantitative estimate of drug-likeness (QED) is 0.322. The highest BCUT2D eigenvalue weighted by Gasteiger charge is 2.29. The second-order valence-corrected chi connectivity index (χ2v) is 8.93. The number of hydrogen-bond acceptors (Lipinski definition) is 4. The van der Waals surface area contributed by atoms with Crippen LogP contribution in [0.25, 0.3) is 22.3 Å². The van der Waals surface area contributed by atoms with Crippen molar-refractivity contribution < 1.29 is 19.4 Å². The normalized spacial score (nSPS) is 12.2. The van der Waals surface area contributed by atoms with Crippen molar-refractivity contribution >= 4 is 40.0 Å². The Morgan fingerprint density at radius 2 is 1.52 bits per heavy atom. The van der Waals surface area contributed by atoms with Gasteiger partial charge in [0.1, 0.15) is 17.2 Å². The van der Waals surface area contributed by atoms with Crippen LogP contribution < -0.4 is 5.32 Å². The number of hydrogen-bond donors (Lipinski definition) is 2. The number of halogens is 1. The van der Waals surface area contributed by atoms with E-state index in [0.717, 1.165) is 33.6 Å². The number of rotatable bonds is 5. The Morgan fingerprint density at radius 1 is 0.909 bits per heavy atom. The number of aromatic carboxylic acids is 1. The monoisotopic (exact) mass is 475 g/mol. The zero-order valence-corrected chi connectivity index (χ0v) is 18.8. The summed E-state index contributed by atoms with van der Waals surface area (Å²) in [5.41, 5.74) is 5.74. The lowest BCUT2D eigenvalue weighted by atomic mass is 9.98. The van der Waals surface area contributed by atoms with Gasteiger partial charge in [-0.15, -0.1) is 11.3 Å². The van der Waals surface area contributed by atoms with Gasteiger partial charge < -0.3 is 9.84 Å². The predicted octanol–water partition coefficient (Wildman–Crippen LogP) is 7.13. The lowest BCUT2D eigenvalue weighted by Crippen LogP contribution is -2.18. The first-order valence-electron chi connectivity index (χ1n) is 10.3. The number of nitrogens with one attached hydrogen (secondary N) is 1. The van der Waals surface area contributed by atoms with Gasteiger partial charge in [-0.3, -0.25) is 5.32 Å². The van der Waals surface area contributed by atoms with E-state index in [1.807, 2.05) is 36.4 Å². The van der Waals surface area contributed by atoms with Crippen molar-refractivity contribution in [2.45, 2.75) is 5.92 Å². The van der Waals surface area contributed by atoms with Crippen LogP contribution in [0.3, 0.4) is 0 Å². The van der Waals surface area contributed by atoms with Crippen molar-refractivity contribution in [3.05, 3.63) is 99.9 Å². The smallest absolute Gasteiger partial charge is 0.412 e. The first kappa shape index (κ1) is 21.2. The number of carbonyl (C=O) groups excluding carboxylic acids is 1. The van der Waals surface area contributed by atoms with Gasteiger partial charge >= 0.3 is 12.1 Å². The highest BCUT2D eigenvalue weighted by molar-refractivity contribution is 7.15. The molecule has 1 amide bonds. The fourth-order valence-electron chi connectivity index (χ4n) is 4.23. The Kier molecular flexibility index (Phi) is 5.62. The van der Waals surface area contributed by atoms with Gasteiger partial charge in [-0.25, -0.2) is 9.59 Å². The van der Waals surface area contributed by atoms with Crippen molar-refractivity contribution in [2.75, 3.05) is 11.9 Å². The first-order chi connectivity index (χ1) is 16.0. The Bertz CT molecular complexity index is 1320. The van der Waals surface area contributed by atoms with E-state index in [1.165, 1.54) is 0 Å². The number of carboxylic acids is 1. The molecule has 0 saturated heterocycles. The van der Waals surface area contributed by atoms with Crippen LogP contribution in [0.1, 0.15) is 27.4 Å². The SMILES string of the molecule is O=C(Nc1scc(-c2ccc(Cl)cc2)c1C(=O)O)OCC1c2ccccc2-c2ccccc21. The van der Waals surface area contributed by atoms with Gasteiger partial charge in [0.05, 0.1) is 0 Å². The van der Waals surface area contributed by atoms with Gasteiger partial charge in [0.25, 0.3) is 0 Å². The van der Waals surface area contributed by atoms with Gasteiger partial charge in [-0.05, 0) is 39.9 Å². The molecule has 2 N–H and O–H groups in total. The van der Waals surface area contributed by atoms with Crippen LogP contribution in [0.4, 0.5) is 9.80 Å². The summed E-state index contributed by atoms with van der Waals surface area (Å²) in [5, 5.41) is 14.9. The van der Waals surface area contributed by atoms with Gasteiger partial charge in [-0.2, -0.15) is 0 Å². The summed E-state index contributed by atoms with van der Waals surface area (Å²) in [7, 11) is 0. The third kappa shape index (κ3) is 3.99. The summed E-state index contributed by atoms with van der Waals surface area (Å²) < 4.78 is 5.56. The van der Waals surface area contributed by atoms with Crippen LogP contribution in [-0.4, -0.2) is 23.8 Å². The van der Waals surface area contributed by atoms with E-state index >= 15 is 0 Å². The highest BCUT2D eigenvalue weighted by atomic mass is 35.5. The first-order valence-corrected chi connectivity index (χ1v) is 11.5. The van der Waals surface area contributed by atoms with E-state index in [4.69, 9.17) is 16.3 Å². The molecular weight excluding hydrogens is 458 g/mol. The summed E-state index contributed by atoms with van der Waals surface area (Å²) >= 11 is 7.08. The molecule has 4 aromatic rings. The molecule has 0 unspecified atom stereocenters. The maximum Gasteiger partial charge on any atom is 0.412 e. The number of anilines is 1. The Balaban J connectivity index is 1.34. The van der Waals surface area contributed by atoms with Gasteiger partial charge in [-0.1, -0.05) is 72.3 Å². The Hall–Kier alpha value is -3.61. The van der Waals surface area contributed by atoms with Crippen molar-refractivity contribution in [2.24, 2.45) is 0 Å². The molecule has 0 saturated carbocycles. The number of amides is 1. The summed E-state index contributed by atoms with van der Waals surface area (Å²) in [4.78, 5) is 24.6. The third-order valence-electron chi connectivity index (χ3n) is 5.72. The minimum atomic E-state index is -1.13. The lowest BCUT2D eigenvalue weighted by Gasteiger charge is -2.14. The van der Waals surface area contributed by atoms with Crippen molar-refractivity contribution in [1.82, 2.24) is 0 Å². The van der Waals surface area contributed by atoms with Gasteiger partial charge in [0.15, 0.2) is 0 Å². The van der Waals surface area contributed by atoms with E-state index in [-0.39, 0.29) is 23.1 Å². The summed E-state index contributed by atoms with van der Waals surface area (Å²) in [6.07, 6.45) is -0.691. The topological polar surface area (TPSA) is 75.6 Å². The molecule has 0 bridgehead atoms. The number of carboxylic acid groups (broad SMARTS) is 1. The molecule has 5 rings (SSSR count). The van der Waals surface area contributed by atoms with Gasteiger partial charge in [0, 0.05) is 21.9 Å². The highest BCUT2D eigenvalue weighted by Crippen LogP contribution is 2.44. The standard InChI is InChI=1S/C26H18ClNO4S/c27-16-11-9-15(10-12-16)22-14-33-24(23(22)25(29)30)28-26(31)32-13-21-19-7-3-1-5-17(19)18-6-2-4-8-20(18)21/h1-12,14,21H,13H2,(H,28,31)(H,29,30). The number of thiophene rings is 1. The molecule has 0 radical (unpaired) electrons. The van der Waals surface area contributed by atoms with Crippen molar-refractivity contribution in [1.29, 1.82) is 0 Å². The molecule has 3 aromatic carbocycles. The minimum absolute atomic E-state index is 0.0239. The molecule has 7 heteroatoms. The van der Waals surface area contributed by atoms with E-state index < -0.39 is 12.1 Å². The van der Waals surface area contributed by atoms with Crippen LogP contribution in [0.2, 0.25) is 5.02 Å². The van der Waals surface area contributed by atoms with Crippen LogP contribution in [0, 0.1) is 0 Å². The van der Waals surface area contributed by atoms with E-state index in [0.29, 0.717) is 16.1 Å². The molecule has 164 valence electrons. The molecule has 0 fully saturated rings.